The Morgan fingerprint density at radius 1 is 1.89 bits per heavy atom. The highest BCUT2D eigenvalue weighted by molar-refractivity contribution is 4.92. The molecular formula is C5H7FN2O. The number of aromatic amines is 1. The first kappa shape index (κ1) is 6.22. The molecule has 0 radical (unpaired) electrons. The molecule has 9 heavy (non-hydrogen) atoms. The molecule has 0 aliphatic rings. The monoisotopic (exact) mass is 130 g/mol. The molecule has 0 fully saturated rings. The van der Waals surface area contributed by atoms with Gasteiger partial charge in [-0.05, 0) is 0 Å². The largest absolute Gasteiger partial charge is 0.378 e. The van der Waals surface area contributed by atoms with E-state index in [0.29, 0.717) is 12.3 Å². The number of aromatic nitrogens is 2. The van der Waals surface area contributed by atoms with Gasteiger partial charge in [-0.2, -0.15) is 4.39 Å². The fraction of sp³-hybridized carbons (Fsp3) is 0.400. The molecule has 0 aliphatic heterocycles. The maximum absolute atomic E-state index is 12.0. The Bertz CT molecular complexity index is 187. The molecule has 0 saturated heterocycles. The maximum Gasteiger partial charge on any atom is 0.286 e. The lowest BCUT2D eigenvalue weighted by molar-refractivity contribution is 0.181. The van der Waals surface area contributed by atoms with Crippen LogP contribution in [0.3, 0.4) is 0 Å². The summed E-state index contributed by atoms with van der Waals surface area (Å²) in [5, 5.41) is 0. The van der Waals surface area contributed by atoms with Crippen LogP contribution in [0.2, 0.25) is 0 Å². The number of H-pyrrole nitrogens is 1. The fourth-order valence-electron chi connectivity index (χ4n) is 0.560. The van der Waals surface area contributed by atoms with Crippen molar-refractivity contribution in [2.75, 3.05) is 7.11 Å². The zero-order chi connectivity index (χ0) is 6.69. The van der Waals surface area contributed by atoms with Gasteiger partial charge >= 0.3 is 0 Å². The van der Waals surface area contributed by atoms with E-state index in [-0.39, 0.29) is 0 Å². The third-order valence-corrected chi connectivity index (χ3v) is 0.897. The highest BCUT2D eigenvalue weighted by Crippen LogP contribution is 1.95. The quantitative estimate of drug-likeness (QED) is 0.639. The SMILES string of the molecule is COCc1cnc(F)[nH]1. The van der Waals surface area contributed by atoms with Gasteiger partial charge in [0.2, 0.25) is 0 Å². The molecule has 0 saturated carbocycles. The van der Waals surface area contributed by atoms with E-state index >= 15 is 0 Å². The van der Waals surface area contributed by atoms with Gasteiger partial charge in [0.1, 0.15) is 0 Å². The van der Waals surface area contributed by atoms with Crippen LogP contribution < -0.4 is 0 Å². The number of rotatable bonds is 2. The molecule has 0 aromatic carbocycles. The summed E-state index contributed by atoms with van der Waals surface area (Å²) in [5.41, 5.74) is 0.648. The van der Waals surface area contributed by atoms with E-state index in [4.69, 9.17) is 4.74 Å². The third-order valence-electron chi connectivity index (χ3n) is 0.897. The topological polar surface area (TPSA) is 37.9 Å². The molecule has 0 amide bonds. The Balaban J connectivity index is 2.61. The van der Waals surface area contributed by atoms with Crippen molar-refractivity contribution < 1.29 is 9.13 Å². The number of nitrogens with zero attached hydrogens (tertiary/aromatic N) is 1. The molecule has 0 unspecified atom stereocenters. The summed E-state index contributed by atoms with van der Waals surface area (Å²) in [6.07, 6.45) is 0.834. The van der Waals surface area contributed by atoms with Crippen LogP contribution in [0.5, 0.6) is 0 Å². The van der Waals surface area contributed by atoms with E-state index in [1.807, 2.05) is 0 Å². The maximum atomic E-state index is 12.0. The molecule has 3 nitrogen and oxygen atoms in total. The van der Waals surface area contributed by atoms with E-state index < -0.39 is 6.08 Å². The van der Waals surface area contributed by atoms with Gasteiger partial charge in [-0.25, -0.2) is 4.98 Å². The first-order valence-electron chi connectivity index (χ1n) is 2.51. The zero-order valence-electron chi connectivity index (χ0n) is 5.02. The van der Waals surface area contributed by atoms with Crippen molar-refractivity contribution >= 4 is 0 Å². The van der Waals surface area contributed by atoms with Crippen molar-refractivity contribution in [1.82, 2.24) is 9.97 Å². The molecule has 0 bridgehead atoms. The van der Waals surface area contributed by atoms with Gasteiger partial charge in [0.05, 0.1) is 18.5 Å². The second kappa shape index (κ2) is 2.59. The van der Waals surface area contributed by atoms with Crippen molar-refractivity contribution in [3.8, 4) is 0 Å². The lowest BCUT2D eigenvalue weighted by Gasteiger charge is -1.89. The molecule has 0 spiro atoms. The molecule has 1 aromatic rings. The summed E-state index contributed by atoms with van der Waals surface area (Å²) in [6.45, 7) is 0.372. The Morgan fingerprint density at radius 2 is 2.67 bits per heavy atom. The van der Waals surface area contributed by atoms with Crippen molar-refractivity contribution in [3.63, 3.8) is 0 Å². The van der Waals surface area contributed by atoms with Crippen LogP contribution in [-0.4, -0.2) is 17.1 Å². The van der Waals surface area contributed by atoms with Crippen molar-refractivity contribution in [1.29, 1.82) is 0 Å². The van der Waals surface area contributed by atoms with E-state index in [9.17, 15) is 4.39 Å². The van der Waals surface area contributed by atoms with Gasteiger partial charge in [0.15, 0.2) is 0 Å². The minimum absolute atomic E-state index is 0.372. The minimum Gasteiger partial charge on any atom is -0.378 e. The first-order valence-corrected chi connectivity index (χ1v) is 2.51. The smallest absolute Gasteiger partial charge is 0.286 e. The number of hydrogen-bond donors (Lipinski definition) is 1. The van der Waals surface area contributed by atoms with Gasteiger partial charge in [-0.1, -0.05) is 0 Å². The Hall–Kier alpha value is -0.900. The van der Waals surface area contributed by atoms with Crippen molar-refractivity contribution in [2.45, 2.75) is 6.61 Å². The predicted octanol–water partition coefficient (Wildman–Crippen LogP) is 0.695. The number of methoxy groups -OCH3 is 1. The number of ether oxygens (including phenoxy) is 1. The van der Waals surface area contributed by atoms with Crippen LogP contribution in [-0.2, 0) is 11.3 Å². The second-order valence-corrected chi connectivity index (χ2v) is 1.63. The highest BCUT2D eigenvalue weighted by atomic mass is 19.1. The molecule has 1 aromatic heterocycles. The van der Waals surface area contributed by atoms with E-state index in [1.165, 1.54) is 6.20 Å². The van der Waals surface area contributed by atoms with Crippen LogP contribution in [0.15, 0.2) is 6.20 Å². The van der Waals surface area contributed by atoms with Gasteiger partial charge < -0.3 is 9.72 Å². The second-order valence-electron chi connectivity index (χ2n) is 1.63. The molecule has 1 heterocycles. The van der Waals surface area contributed by atoms with E-state index in [2.05, 4.69) is 9.97 Å². The predicted molar refractivity (Wildman–Crippen MR) is 29.3 cm³/mol. The molecule has 0 atom stereocenters. The minimum atomic E-state index is -0.568. The van der Waals surface area contributed by atoms with Crippen LogP contribution in [0, 0.1) is 6.08 Å². The Labute approximate surface area is 51.9 Å². The molecule has 0 aliphatic carbocycles. The summed E-state index contributed by atoms with van der Waals surface area (Å²) >= 11 is 0. The molecular weight excluding hydrogens is 123 g/mol. The normalized spacial score (nSPS) is 10.0. The standard InChI is InChI=1S/C5H7FN2O/c1-9-3-4-2-7-5(6)8-4/h2H,3H2,1H3,(H,7,8). The zero-order valence-corrected chi connectivity index (χ0v) is 5.02. The summed E-state index contributed by atoms with van der Waals surface area (Å²) in [7, 11) is 1.54. The number of nitrogens with one attached hydrogen (secondary N) is 1. The Kier molecular flexibility index (Phi) is 1.79. The van der Waals surface area contributed by atoms with E-state index in [1.54, 1.807) is 7.11 Å². The van der Waals surface area contributed by atoms with Crippen LogP contribution in [0.1, 0.15) is 5.69 Å². The molecule has 1 N–H and O–H groups in total. The average Bonchev–Trinajstić information content (AvgIpc) is 2.17. The van der Waals surface area contributed by atoms with Gasteiger partial charge in [-0.15, -0.1) is 0 Å². The van der Waals surface area contributed by atoms with Crippen LogP contribution in [0.4, 0.5) is 4.39 Å². The van der Waals surface area contributed by atoms with Crippen LogP contribution >= 0.6 is 0 Å². The van der Waals surface area contributed by atoms with Gasteiger partial charge in [0.25, 0.3) is 6.08 Å². The Morgan fingerprint density at radius 3 is 3.11 bits per heavy atom. The highest BCUT2D eigenvalue weighted by Gasteiger charge is 1.95. The van der Waals surface area contributed by atoms with Crippen LogP contribution in [0.25, 0.3) is 0 Å². The van der Waals surface area contributed by atoms with E-state index in [0.717, 1.165) is 0 Å². The molecule has 50 valence electrons. The van der Waals surface area contributed by atoms with Gasteiger partial charge in [0, 0.05) is 7.11 Å². The number of hydrogen-bond acceptors (Lipinski definition) is 2. The third kappa shape index (κ3) is 1.50. The summed E-state index contributed by atoms with van der Waals surface area (Å²) in [6, 6.07) is 0. The average molecular weight is 130 g/mol. The summed E-state index contributed by atoms with van der Waals surface area (Å²) in [4.78, 5) is 5.71. The lowest BCUT2D eigenvalue weighted by atomic mass is 10.5. The van der Waals surface area contributed by atoms with Crippen molar-refractivity contribution in [2.24, 2.45) is 0 Å². The number of halogens is 1. The van der Waals surface area contributed by atoms with Gasteiger partial charge in [-0.3, -0.25) is 0 Å². The lowest BCUT2D eigenvalue weighted by Crippen LogP contribution is -1.86. The molecule has 4 heteroatoms. The summed E-state index contributed by atoms with van der Waals surface area (Å²) in [5.74, 6) is 0. The van der Waals surface area contributed by atoms with Crippen molar-refractivity contribution in [3.05, 3.63) is 18.0 Å². The number of imidazole rings is 1. The fourth-order valence-corrected chi connectivity index (χ4v) is 0.560. The summed E-state index contributed by atoms with van der Waals surface area (Å²) < 4.78 is 16.7. The molecule has 1 rings (SSSR count). The first-order chi connectivity index (χ1) is 4.33.